The van der Waals surface area contributed by atoms with Crippen LogP contribution in [0.5, 0.6) is 0 Å². The molecule has 0 saturated carbocycles. The summed E-state index contributed by atoms with van der Waals surface area (Å²) < 4.78 is 4.89. The van der Waals surface area contributed by atoms with Gasteiger partial charge in [-0.25, -0.2) is 0 Å². The molecule has 0 spiro atoms. The Hall–Kier alpha value is -0.300. The second-order valence-electron chi connectivity index (χ2n) is 1.89. The van der Waals surface area contributed by atoms with Crippen molar-refractivity contribution in [1.29, 1.82) is 0 Å². The lowest BCUT2D eigenvalue weighted by Gasteiger charge is -1.95. The highest BCUT2D eigenvalue weighted by molar-refractivity contribution is 4.96. The fourth-order valence-corrected chi connectivity index (χ4v) is 0.635. The van der Waals surface area contributed by atoms with Gasteiger partial charge in [-0.3, -0.25) is 0 Å². The first kappa shape index (κ1) is 7.70. The predicted molar refractivity (Wildman–Crippen MR) is 35.9 cm³/mol. The van der Waals surface area contributed by atoms with Crippen LogP contribution in [0.15, 0.2) is 11.6 Å². The van der Waals surface area contributed by atoms with E-state index in [0.29, 0.717) is 0 Å². The van der Waals surface area contributed by atoms with Crippen LogP contribution in [0, 0.1) is 0 Å². The molecule has 0 saturated heterocycles. The van der Waals surface area contributed by atoms with Crippen LogP contribution in [0.3, 0.4) is 0 Å². The minimum absolute atomic E-state index is 0.772. The van der Waals surface area contributed by atoms with Crippen molar-refractivity contribution < 1.29 is 4.74 Å². The zero-order chi connectivity index (χ0) is 6.41. The number of methoxy groups -OCH3 is 1. The minimum Gasteiger partial charge on any atom is -0.380 e. The maximum absolute atomic E-state index is 4.89. The first-order chi connectivity index (χ1) is 3.81. The van der Waals surface area contributed by atoms with Crippen LogP contribution >= 0.6 is 0 Å². The fraction of sp³-hybridized carbons (Fsp3) is 0.714. The predicted octanol–water partition coefficient (Wildman–Crippen LogP) is 1.99. The van der Waals surface area contributed by atoms with Crippen molar-refractivity contribution in [3.05, 3.63) is 11.6 Å². The summed E-state index contributed by atoms with van der Waals surface area (Å²) in [5.74, 6) is 0. The Kier molecular flexibility index (Phi) is 4.67. The van der Waals surface area contributed by atoms with Crippen LogP contribution in [0.1, 0.15) is 20.3 Å². The summed E-state index contributed by atoms with van der Waals surface area (Å²) in [5, 5.41) is 0. The van der Waals surface area contributed by atoms with Crippen molar-refractivity contribution in [3.63, 3.8) is 0 Å². The molecule has 0 aliphatic heterocycles. The normalized spacial score (nSPS) is 12.1. The minimum atomic E-state index is 0.772. The highest BCUT2D eigenvalue weighted by Crippen LogP contribution is 1.93. The molecule has 0 rings (SSSR count). The van der Waals surface area contributed by atoms with Gasteiger partial charge in [-0.05, 0) is 13.3 Å². The van der Waals surface area contributed by atoms with Crippen molar-refractivity contribution >= 4 is 0 Å². The zero-order valence-corrected chi connectivity index (χ0v) is 5.90. The largest absolute Gasteiger partial charge is 0.380 e. The zero-order valence-electron chi connectivity index (χ0n) is 5.90. The van der Waals surface area contributed by atoms with Gasteiger partial charge < -0.3 is 4.74 Å². The SMILES string of the molecule is CCC=C(C)COC. The molecule has 8 heavy (non-hydrogen) atoms. The molecule has 0 amide bonds. The number of hydrogen-bond acceptors (Lipinski definition) is 1. The Balaban J connectivity index is 3.29. The van der Waals surface area contributed by atoms with E-state index in [4.69, 9.17) is 4.74 Å². The van der Waals surface area contributed by atoms with Crippen molar-refractivity contribution in [2.45, 2.75) is 20.3 Å². The third kappa shape index (κ3) is 3.88. The van der Waals surface area contributed by atoms with Gasteiger partial charge in [0.05, 0.1) is 6.61 Å². The quantitative estimate of drug-likeness (QED) is 0.510. The van der Waals surface area contributed by atoms with E-state index in [0.717, 1.165) is 13.0 Å². The average Bonchev–Trinajstić information content (AvgIpc) is 1.68. The maximum Gasteiger partial charge on any atom is 0.0670 e. The van der Waals surface area contributed by atoms with Crippen molar-refractivity contribution in [3.8, 4) is 0 Å². The maximum atomic E-state index is 4.89. The summed E-state index contributed by atoms with van der Waals surface area (Å²) >= 11 is 0. The van der Waals surface area contributed by atoms with E-state index >= 15 is 0 Å². The van der Waals surface area contributed by atoms with Crippen LogP contribution < -0.4 is 0 Å². The summed E-state index contributed by atoms with van der Waals surface area (Å²) in [7, 11) is 1.72. The number of allylic oxidation sites excluding steroid dienone is 1. The van der Waals surface area contributed by atoms with E-state index in [-0.39, 0.29) is 0 Å². The molecular weight excluding hydrogens is 100 g/mol. The molecule has 0 N–H and O–H groups in total. The second-order valence-corrected chi connectivity index (χ2v) is 1.89. The van der Waals surface area contributed by atoms with Gasteiger partial charge in [0.1, 0.15) is 0 Å². The van der Waals surface area contributed by atoms with Gasteiger partial charge in [-0.2, -0.15) is 0 Å². The lowest BCUT2D eigenvalue weighted by Crippen LogP contribution is -1.88. The van der Waals surface area contributed by atoms with Crippen molar-refractivity contribution in [2.75, 3.05) is 13.7 Å². The highest BCUT2D eigenvalue weighted by atomic mass is 16.5. The number of hydrogen-bond donors (Lipinski definition) is 0. The molecular formula is C7H14O. The third-order valence-corrected chi connectivity index (χ3v) is 0.925. The molecule has 0 radical (unpaired) electrons. The van der Waals surface area contributed by atoms with E-state index in [1.54, 1.807) is 7.11 Å². The first-order valence-corrected chi connectivity index (χ1v) is 2.95. The van der Waals surface area contributed by atoms with Crippen LogP contribution in [0.25, 0.3) is 0 Å². The summed E-state index contributed by atoms with van der Waals surface area (Å²) in [6.07, 6.45) is 3.28. The van der Waals surface area contributed by atoms with E-state index in [1.807, 2.05) is 0 Å². The fourth-order valence-electron chi connectivity index (χ4n) is 0.635. The van der Waals surface area contributed by atoms with E-state index < -0.39 is 0 Å². The monoisotopic (exact) mass is 114 g/mol. The molecule has 0 aromatic heterocycles. The van der Waals surface area contributed by atoms with Crippen LogP contribution in [-0.2, 0) is 4.74 Å². The molecule has 0 aliphatic carbocycles. The summed E-state index contributed by atoms with van der Waals surface area (Å²) in [6.45, 7) is 4.97. The molecule has 48 valence electrons. The summed E-state index contributed by atoms with van der Waals surface area (Å²) in [5.41, 5.74) is 1.31. The Labute approximate surface area is 51.4 Å². The standard InChI is InChI=1S/C7H14O/c1-4-5-7(2)6-8-3/h5H,4,6H2,1-3H3. The van der Waals surface area contributed by atoms with E-state index in [2.05, 4.69) is 19.9 Å². The topological polar surface area (TPSA) is 9.23 Å². The second kappa shape index (κ2) is 4.85. The smallest absolute Gasteiger partial charge is 0.0670 e. The lowest BCUT2D eigenvalue weighted by atomic mass is 10.3. The van der Waals surface area contributed by atoms with Gasteiger partial charge in [0.2, 0.25) is 0 Å². The number of rotatable bonds is 3. The molecule has 0 aliphatic rings. The third-order valence-electron chi connectivity index (χ3n) is 0.925. The molecule has 0 aromatic rings. The van der Waals surface area contributed by atoms with Crippen LogP contribution in [-0.4, -0.2) is 13.7 Å². The highest BCUT2D eigenvalue weighted by Gasteiger charge is 1.82. The molecule has 0 unspecified atom stereocenters. The molecule has 0 heterocycles. The first-order valence-electron chi connectivity index (χ1n) is 2.95. The van der Waals surface area contributed by atoms with Gasteiger partial charge in [0.15, 0.2) is 0 Å². The van der Waals surface area contributed by atoms with Crippen LogP contribution in [0.2, 0.25) is 0 Å². The Morgan fingerprint density at radius 1 is 1.62 bits per heavy atom. The number of ether oxygens (including phenoxy) is 1. The van der Waals surface area contributed by atoms with Gasteiger partial charge in [-0.15, -0.1) is 0 Å². The molecule has 1 heteroatoms. The van der Waals surface area contributed by atoms with Gasteiger partial charge >= 0.3 is 0 Å². The van der Waals surface area contributed by atoms with Crippen LogP contribution in [0.4, 0.5) is 0 Å². The lowest BCUT2D eigenvalue weighted by molar-refractivity contribution is 0.225. The van der Waals surface area contributed by atoms with Crippen molar-refractivity contribution in [2.24, 2.45) is 0 Å². The average molecular weight is 114 g/mol. The molecule has 0 fully saturated rings. The molecule has 0 bridgehead atoms. The van der Waals surface area contributed by atoms with E-state index in [1.165, 1.54) is 5.57 Å². The van der Waals surface area contributed by atoms with Gasteiger partial charge in [0.25, 0.3) is 0 Å². The van der Waals surface area contributed by atoms with Crippen molar-refractivity contribution in [1.82, 2.24) is 0 Å². The molecule has 0 atom stereocenters. The Morgan fingerprint density at radius 2 is 2.25 bits per heavy atom. The van der Waals surface area contributed by atoms with Gasteiger partial charge in [-0.1, -0.05) is 18.6 Å². The van der Waals surface area contributed by atoms with E-state index in [9.17, 15) is 0 Å². The molecule has 0 aromatic carbocycles. The van der Waals surface area contributed by atoms with Gasteiger partial charge in [0, 0.05) is 7.11 Å². The molecule has 1 nitrogen and oxygen atoms in total. The Morgan fingerprint density at radius 3 is 2.62 bits per heavy atom. The Bertz CT molecular complexity index is 74.5. The summed E-state index contributed by atoms with van der Waals surface area (Å²) in [4.78, 5) is 0. The summed E-state index contributed by atoms with van der Waals surface area (Å²) in [6, 6.07) is 0.